The van der Waals surface area contributed by atoms with Crippen LogP contribution in [0.15, 0.2) is 54.6 Å². The van der Waals surface area contributed by atoms with Gasteiger partial charge in [0.25, 0.3) is 0 Å². The molecule has 0 saturated carbocycles. The summed E-state index contributed by atoms with van der Waals surface area (Å²) < 4.78 is 21.9. The normalized spacial score (nSPS) is 12.3. The van der Waals surface area contributed by atoms with Crippen molar-refractivity contribution >= 4 is 16.7 Å². The lowest BCUT2D eigenvalue weighted by atomic mass is 10.0. The summed E-state index contributed by atoms with van der Waals surface area (Å²) >= 11 is 0. The quantitative estimate of drug-likeness (QED) is 0.839. The first-order valence-corrected chi connectivity index (χ1v) is 6.86. The Morgan fingerprint density at radius 1 is 0.895 bits per heavy atom. The van der Waals surface area contributed by atoms with Gasteiger partial charge in [-0.3, -0.25) is 4.79 Å². The molecule has 0 amide bonds. The average Bonchev–Trinajstić information content (AvgIpc) is 2.40. The van der Waals surface area contributed by atoms with Gasteiger partial charge in [0.1, 0.15) is 0 Å². The van der Waals surface area contributed by atoms with E-state index in [1.54, 1.807) is 12.1 Å². The molecule has 2 rings (SSSR count). The van der Waals surface area contributed by atoms with Crippen molar-refractivity contribution in [2.45, 2.75) is 5.25 Å². The first-order valence-electron chi connectivity index (χ1n) is 5.61. The van der Waals surface area contributed by atoms with E-state index < -0.39 is 21.9 Å². The second-order valence-corrected chi connectivity index (χ2v) is 5.10. The van der Waals surface area contributed by atoms with E-state index in [0.29, 0.717) is 0 Å². The van der Waals surface area contributed by atoms with Gasteiger partial charge in [-0.25, -0.2) is 8.42 Å². The second-order valence-electron chi connectivity index (χ2n) is 4.01. The Hall–Kier alpha value is -2.14. The van der Waals surface area contributed by atoms with Gasteiger partial charge in [-0.15, -0.1) is 0 Å². The summed E-state index contributed by atoms with van der Waals surface area (Å²) in [6, 6.07) is 16.1. The smallest absolute Gasteiger partial charge is 0.326 e. The van der Waals surface area contributed by atoms with Crippen LogP contribution in [-0.2, 0) is 15.5 Å². The monoisotopic (exact) mass is 276 g/mol. The molecule has 5 heteroatoms. The molecule has 4 nitrogen and oxygen atoms in total. The van der Waals surface area contributed by atoms with Crippen molar-refractivity contribution in [3.8, 4) is 11.1 Å². The topological polar surface area (TPSA) is 71.4 Å². The van der Waals surface area contributed by atoms with Crippen LogP contribution in [0.4, 0.5) is 0 Å². The van der Waals surface area contributed by atoms with Crippen LogP contribution in [0.2, 0.25) is 0 Å². The van der Waals surface area contributed by atoms with E-state index in [0.717, 1.165) is 11.1 Å². The van der Waals surface area contributed by atoms with E-state index in [1.807, 2.05) is 30.3 Å². The number of carboxylic acids is 1. The summed E-state index contributed by atoms with van der Waals surface area (Å²) in [6.07, 6.45) is 0. The number of rotatable bonds is 4. The summed E-state index contributed by atoms with van der Waals surface area (Å²) in [5.74, 6) is -1.36. The van der Waals surface area contributed by atoms with E-state index in [9.17, 15) is 13.2 Å². The first-order chi connectivity index (χ1) is 9.09. The molecule has 0 aromatic heterocycles. The molecule has 98 valence electrons. The summed E-state index contributed by atoms with van der Waals surface area (Å²) in [4.78, 5) is 10.9. The van der Waals surface area contributed by atoms with Gasteiger partial charge in [0, 0.05) is 0 Å². The van der Waals surface area contributed by atoms with Crippen LogP contribution in [0.5, 0.6) is 0 Å². The minimum Gasteiger partial charge on any atom is -0.480 e. The number of carboxylic acid groups (broad SMARTS) is 1. The molecule has 0 heterocycles. The van der Waals surface area contributed by atoms with Gasteiger partial charge in [-0.1, -0.05) is 54.6 Å². The van der Waals surface area contributed by atoms with Crippen LogP contribution in [0.1, 0.15) is 10.8 Å². The van der Waals surface area contributed by atoms with Crippen molar-refractivity contribution < 1.29 is 18.3 Å². The molecule has 0 saturated heterocycles. The number of hydrogen-bond acceptors (Lipinski definition) is 3. The standard InChI is InChI=1S/C14H12O4S/c15-14(16)13(19(17)18)12-8-6-11(7-9-12)10-4-2-1-3-5-10/h1-9,13,19H,(H,15,16). The molecule has 1 unspecified atom stereocenters. The fourth-order valence-corrected chi connectivity index (χ4v) is 2.44. The van der Waals surface area contributed by atoms with Crippen LogP contribution in [-0.4, -0.2) is 19.5 Å². The van der Waals surface area contributed by atoms with Gasteiger partial charge in [0.2, 0.25) is 0 Å². The largest absolute Gasteiger partial charge is 0.480 e. The maximum atomic E-state index is 11.0. The molecular formula is C14H12O4S. The van der Waals surface area contributed by atoms with E-state index in [4.69, 9.17) is 5.11 Å². The van der Waals surface area contributed by atoms with Crippen LogP contribution < -0.4 is 0 Å². The highest BCUT2D eigenvalue weighted by Gasteiger charge is 2.22. The molecule has 1 N–H and O–H groups in total. The zero-order chi connectivity index (χ0) is 13.8. The van der Waals surface area contributed by atoms with Crippen LogP contribution in [0.25, 0.3) is 11.1 Å². The van der Waals surface area contributed by atoms with Crippen molar-refractivity contribution in [3.05, 3.63) is 60.2 Å². The number of carbonyl (C=O) groups is 1. The Labute approximate surface area is 112 Å². The Balaban J connectivity index is 2.36. The molecule has 0 fully saturated rings. The Bertz CT molecular complexity index is 637. The van der Waals surface area contributed by atoms with Gasteiger partial charge >= 0.3 is 5.97 Å². The zero-order valence-electron chi connectivity index (χ0n) is 9.89. The van der Waals surface area contributed by atoms with Gasteiger partial charge in [-0.05, 0) is 16.7 Å². The third kappa shape index (κ3) is 3.00. The summed E-state index contributed by atoms with van der Waals surface area (Å²) in [7, 11) is -3.04. The van der Waals surface area contributed by atoms with Gasteiger partial charge in [0.15, 0.2) is 16.0 Å². The molecule has 1 atom stereocenters. The molecule has 0 aliphatic carbocycles. The number of hydrogen-bond donors (Lipinski definition) is 2. The number of aliphatic carboxylic acids is 1. The van der Waals surface area contributed by atoms with Gasteiger partial charge in [-0.2, -0.15) is 0 Å². The fourth-order valence-electron chi connectivity index (χ4n) is 1.84. The molecule has 2 aromatic rings. The lowest BCUT2D eigenvalue weighted by Gasteiger charge is -2.07. The third-order valence-corrected chi connectivity index (χ3v) is 3.72. The molecule has 19 heavy (non-hydrogen) atoms. The van der Waals surface area contributed by atoms with Crippen LogP contribution in [0, 0.1) is 0 Å². The predicted octanol–water partition coefficient (Wildman–Crippen LogP) is 2.09. The van der Waals surface area contributed by atoms with Gasteiger partial charge in [0.05, 0.1) is 0 Å². The van der Waals surface area contributed by atoms with Crippen molar-refractivity contribution in [3.63, 3.8) is 0 Å². The average molecular weight is 276 g/mol. The van der Waals surface area contributed by atoms with Crippen molar-refractivity contribution in [1.29, 1.82) is 0 Å². The Kier molecular flexibility index (Phi) is 3.97. The summed E-state index contributed by atoms with van der Waals surface area (Å²) in [5.41, 5.74) is 2.17. The molecule has 0 bridgehead atoms. The highest BCUT2D eigenvalue weighted by Crippen LogP contribution is 2.23. The van der Waals surface area contributed by atoms with Crippen LogP contribution in [0.3, 0.4) is 0 Å². The SMILES string of the molecule is O=C(O)C(c1ccc(-c2ccccc2)cc1)[SH](=O)=O. The zero-order valence-corrected chi connectivity index (χ0v) is 10.8. The van der Waals surface area contributed by atoms with Gasteiger partial charge < -0.3 is 5.11 Å². The second kappa shape index (κ2) is 5.67. The molecule has 0 radical (unpaired) electrons. The van der Waals surface area contributed by atoms with E-state index >= 15 is 0 Å². The van der Waals surface area contributed by atoms with E-state index in [-0.39, 0.29) is 5.56 Å². The predicted molar refractivity (Wildman–Crippen MR) is 72.6 cm³/mol. The van der Waals surface area contributed by atoms with Crippen molar-refractivity contribution in [2.75, 3.05) is 0 Å². The maximum absolute atomic E-state index is 11.0. The van der Waals surface area contributed by atoms with Crippen LogP contribution >= 0.6 is 0 Å². The summed E-state index contributed by atoms with van der Waals surface area (Å²) in [5, 5.41) is 7.41. The molecule has 2 aromatic carbocycles. The minimum absolute atomic E-state index is 0.267. The molecule has 0 spiro atoms. The number of thiol groups is 1. The maximum Gasteiger partial charge on any atom is 0.326 e. The van der Waals surface area contributed by atoms with Crippen molar-refractivity contribution in [1.82, 2.24) is 0 Å². The lowest BCUT2D eigenvalue weighted by molar-refractivity contribution is -0.136. The first kappa shape index (κ1) is 13.3. The van der Waals surface area contributed by atoms with E-state index in [2.05, 4.69) is 0 Å². The molecule has 0 aliphatic rings. The molecular weight excluding hydrogens is 264 g/mol. The minimum atomic E-state index is -3.04. The fraction of sp³-hybridized carbons (Fsp3) is 0.0714. The molecule has 0 aliphatic heterocycles. The summed E-state index contributed by atoms with van der Waals surface area (Å²) in [6.45, 7) is 0. The highest BCUT2D eigenvalue weighted by molar-refractivity contribution is 7.73. The van der Waals surface area contributed by atoms with Crippen molar-refractivity contribution in [2.24, 2.45) is 0 Å². The Morgan fingerprint density at radius 2 is 1.42 bits per heavy atom. The highest BCUT2D eigenvalue weighted by atomic mass is 32.2. The van der Waals surface area contributed by atoms with E-state index in [1.165, 1.54) is 12.1 Å². The lowest BCUT2D eigenvalue weighted by Crippen LogP contribution is -2.12. The third-order valence-electron chi connectivity index (χ3n) is 2.78. The number of benzene rings is 2. The Morgan fingerprint density at radius 3 is 1.89 bits per heavy atom.